The topological polar surface area (TPSA) is 43.3 Å². The van der Waals surface area contributed by atoms with Crippen LogP contribution in [0.4, 0.5) is 10.1 Å². The number of aryl methyl sites for hydroxylation is 1. The van der Waals surface area contributed by atoms with Gasteiger partial charge >= 0.3 is 0 Å². The molecule has 3 aromatic rings. The van der Waals surface area contributed by atoms with Crippen LogP contribution in [0, 0.1) is 12.7 Å². The standard InChI is InChI=1S/C15H14FN3/c1-10-6-13(17)8-19-9-14(18-15(10)19)7-11-2-4-12(16)5-3-11/h2-6,8-9H,7,17H2,1H3. The molecule has 96 valence electrons. The monoisotopic (exact) mass is 255 g/mol. The largest absolute Gasteiger partial charge is 0.398 e. The molecule has 3 rings (SSSR count). The zero-order valence-electron chi connectivity index (χ0n) is 10.6. The average Bonchev–Trinajstić information content (AvgIpc) is 2.75. The first-order chi connectivity index (χ1) is 9.11. The van der Waals surface area contributed by atoms with Gasteiger partial charge in [-0.25, -0.2) is 9.37 Å². The SMILES string of the molecule is Cc1cc(N)cn2cc(Cc3ccc(F)cc3)nc12. The Bertz CT molecular complexity index is 729. The molecular formula is C15H14FN3. The first-order valence-electron chi connectivity index (χ1n) is 6.10. The molecule has 0 saturated heterocycles. The normalized spacial score (nSPS) is 11.1. The number of pyridine rings is 1. The van der Waals surface area contributed by atoms with Crippen molar-refractivity contribution in [1.82, 2.24) is 9.38 Å². The van der Waals surface area contributed by atoms with Crippen molar-refractivity contribution in [2.45, 2.75) is 13.3 Å². The number of nitrogens with two attached hydrogens (primary N) is 1. The smallest absolute Gasteiger partial charge is 0.140 e. The van der Waals surface area contributed by atoms with Gasteiger partial charge in [-0.1, -0.05) is 12.1 Å². The minimum Gasteiger partial charge on any atom is -0.398 e. The molecule has 0 fully saturated rings. The van der Waals surface area contributed by atoms with Crippen LogP contribution in [0.15, 0.2) is 42.7 Å². The fraction of sp³-hybridized carbons (Fsp3) is 0.133. The first kappa shape index (κ1) is 11.7. The lowest BCUT2D eigenvalue weighted by Gasteiger charge is -1.98. The van der Waals surface area contributed by atoms with E-state index in [2.05, 4.69) is 4.98 Å². The molecule has 0 aliphatic rings. The number of hydrogen-bond acceptors (Lipinski definition) is 2. The van der Waals surface area contributed by atoms with E-state index in [9.17, 15) is 4.39 Å². The highest BCUT2D eigenvalue weighted by Gasteiger charge is 2.06. The van der Waals surface area contributed by atoms with E-state index >= 15 is 0 Å². The van der Waals surface area contributed by atoms with Crippen molar-refractivity contribution >= 4 is 11.3 Å². The lowest BCUT2D eigenvalue weighted by molar-refractivity contribution is 0.627. The molecular weight excluding hydrogens is 241 g/mol. The number of benzene rings is 1. The van der Waals surface area contributed by atoms with Crippen molar-refractivity contribution in [2.75, 3.05) is 5.73 Å². The summed E-state index contributed by atoms with van der Waals surface area (Å²) in [6.45, 7) is 1.99. The van der Waals surface area contributed by atoms with Crippen molar-refractivity contribution < 1.29 is 4.39 Å². The van der Waals surface area contributed by atoms with Gasteiger partial charge < -0.3 is 10.1 Å². The maximum Gasteiger partial charge on any atom is 0.140 e. The van der Waals surface area contributed by atoms with Crippen molar-refractivity contribution in [3.8, 4) is 0 Å². The lowest BCUT2D eigenvalue weighted by Crippen LogP contribution is -1.92. The van der Waals surface area contributed by atoms with Crippen molar-refractivity contribution in [3.63, 3.8) is 0 Å². The molecule has 19 heavy (non-hydrogen) atoms. The van der Waals surface area contributed by atoms with Crippen LogP contribution in [0.25, 0.3) is 5.65 Å². The van der Waals surface area contributed by atoms with E-state index in [1.807, 2.05) is 29.8 Å². The predicted octanol–water partition coefficient (Wildman–Crippen LogP) is 2.95. The summed E-state index contributed by atoms with van der Waals surface area (Å²) in [5.74, 6) is -0.220. The van der Waals surface area contributed by atoms with Gasteiger partial charge in [0.15, 0.2) is 0 Å². The Morgan fingerprint density at radius 2 is 1.95 bits per heavy atom. The molecule has 0 radical (unpaired) electrons. The third kappa shape index (κ3) is 2.29. The molecule has 0 atom stereocenters. The zero-order valence-corrected chi connectivity index (χ0v) is 10.6. The van der Waals surface area contributed by atoms with Crippen LogP contribution in [0.5, 0.6) is 0 Å². The second kappa shape index (κ2) is 4.39. The Kier molecular flexibility index (Phi) is 2.71. The van der Waals surface area contributed by atoms with Gasteiger partial charge in [-0.15, -0.1) is 0 Å². The summed E-state index contributed by atoms with van der Waals surface area (Å²) < 4.78 is 14.8. The van der Waals surface area contributed by atoms with Gasteiger partial charge in [0.1, 0.15) is 11.5 Å². The summed E-state index contributed by atoms with van der Waals surface area (Å²) in [5.41, 5.74) is 10.5. The highest BCUT2D eigenvalue weighted by Crippen LogP contribution is 2.16. The van der Waals surface area contributed by atoms with E-state index in [1.165, 1.54) is 12.1 Å². The van der Waals surface area contributed by atoms with Crippen LogP contribution < -0.4 is 5.73 Å². The third-order valence-electron chi connectivity index (χ3n) is 3.10. The average molecular weight is 255 g/mol. The van der Waals surface area contributed by atoms with Gasteiger partial charge in [0.05, 0.1) is 5.69 Å². The predicted molar refractivity (Wildman–Crippen MR) is 73.5 cm³/mol. The highest BCUT2D eigenvalue weighted by atomic mass is 19.1. The van der Waals surface area contributed by atoms with Gasteiger partial charge in [-0.2, -0.15) is 0 Å². The number of anilines is 1. The number of halogens is 1. The van der Waals surface area contributed by atoms with Gasteiger partial charge in [0.25, 0.3) is 0 Å². The number of aromatic nitrogens is 2. The Labute approximate surface area is 110 Å². The summed E-state index contributed by atoms with van der Waals surface area (Å²) in [7, 11) is 0. The molecule has 0 aliphatic carbocycles. The van der Waals surface area contributed by atoms with E-state index in [4.69, 9.17) is 5.73 Å². The van der Waals surface area contributed by atoms with E-state index in [-0.39, 0.29) is 5.82 Å². The Hall–Kier alpha value is -2.36. The fourth-order valence-corrected chi connectivity index (χ4v) is 2.24. The van der Waals surface area contributed by atoms with E-state index in [0.29, 0.717) is 6.42 Å². The summed E-state index contributed by atoms with van der Waals surface area (Å²) in [4.78, 5) is 4.58. The molecule has 0 amide bonds. The molecule has 2 N–H and O–H groups in total. The van der Waals surface area contributed by atoms with Gasteiger partial charge in [-0.05, 0) is 36.2 Å². The third-order valence-corrected chi connectivity index (χ3v) is 3.10. The molecule has 1 aromatic carbocycles. The van der Waals surface area contributed by atoms with E-state index in [1.54, 1.807) is 12.1 Å². The summed E-state index contributed by atoms with van der Waals surface area (Å²) in [6, 6.07) is 8.40. The number of nitrogens with zero attached hydrogens (tertiary/aromatic N) is 2. The van der Waals surface area contributed by atoms with Crippen LogP contribution in [-0.4, -0.2) is 9.38 Å². The lowest BCUT2D eigenvalue weighted by atomic mass is 10.1. The summed E-state index contributed by atoms with van der Waals surface area (Å²) in [6.07, 6.45) is 4.49. The second-order valence-corrected chi connectivity index (χ2v) is 4.72. The van der Waals surface area contributed by atoms with E-state index in [0.717, 1.165) is 28.2 Å². The molecule has 0 spiro atoms. The molecule has 4 heteroatoms. The quantitative estimate of drug-likeness (QED) is 0.765. The van der Waals surface area contributed by atoms with Gasteiger partial charge in [0.2, 0.25) is 0 Å². The zero-order chi connectivity index (χ0) is 13.4. The summed E-state index contributed by atoms with van der Waals surface area (Å²) >= 11 is 0. The molecule has 0 bridgehead atoms. The van der Waals surface area contributed by atoms with Gasteiger partial charge in [0, 0.05) is 24.5 Å². The first-order valence-corrected chi connectivity index (χ1v) is 6.10. The molecule has 2 aromatic heterocycles. The molecule has 2 heterocycles. The minimum atomic E-state index is -0.220. The van der Waals surface area contributed by atoms with Crippen LogP contribution in [0.3, 0.4) is 0 Å². The van der Waals surface area contributed by atoms with Crippen LogP contribution in [0.2, 0.25) is 0 Å². The van der Waals surface area contributed by atoms with Crippen molar-refractivity contribution in [2.24, 2.45) is 0 Å². The minimum absolute atomic E-state index is 0.220. The van der Waals surface area contributed by atoms with Crippen LogP contribution in [-0.2, 0) is 6.42 Å². The Morgan fingerprint density at radius 1 is 1.21 bits per heavy atom. The van der Waals surface area contributed by atoms with Crippen molar-refractivity contribution in [1.29, 1.82) is 0 Å². The highest BCUT2D eigenvalue weighted by molar-refractivity contribution is 5.55. The maximum absolute atomic E-state index is 12.9. The number of fused-ring (bicyclic) bond motifs is 1. The van der Waals surface area contributed by atoms with E-state index < -0.39 is 0 Å². The number of imidazole rings is 1. The number of hydrogen-bond donors (Lipinski definition) is 1. The number of rotatable bonds is 2. The second-order valence-electron chi connectivity index (χ2n) is 4.72. The summed E-state index contributed by atoms with van der Waals surface area (Å²) in [5, 5.41) is 0. The molecule has 3 nitrogen and oxygen atoms in total. The van der Waals surface area contributed by atoms with Crippen LogP contribution in [0.1, 0.15) is 16.8 Å². The van der Waals surface area contributed by atoms with Crippen LogP contribution >= 0.6 is 0 Å². The van der Waals surface area contributed by atoms with Crippen molar-refractivity contribution in [3.05, 3.63) is 65.4 Å². The Morgan fingerprint density at radius 3 is 2.68 bits per heavy atom. The maximum atomic E-state index is 12.9. The fourth-order valence-electron chi connectivity index (χ4n) is 2.24. The molecule has 0 saturated carbocycles. The number of nitrogen functional groups attached to an aromatic ring is 1. The molecule has 0 aliphatic heterocycles. The van der Waals surface area contributed by atoms with Gasteiger partial charge in [-0.3, -0.25) is 0 Å². The molecule has 0 unspecified atom stereocenters. The Balaban J connectivity index is 1.97.